The van der Waals surface area contributed by atoms with Crippen LogP contribution in [0.25, 0.3) is 0 Å². The third-order valence-corrected chi connectivity index (χ3v) is 2.41. The van der Waals surface area contributed by atoms with Crippen molar-refractivity contribution < 1.29 is 8.78 Å². The number of hydrogen-bond donors (Lipinski definition) is 1. The third-order valence-electron chi connectivity index (χ3n) is 2.41. The second-order valence-corrected chi connectivity index (χ2v) is 3.28. The molecular formula is C10H12ClF2N. The zero-order chi connectivity index (χ0) is 9.26. The molecule has 14 heavy (non-hydrogen) atoms. The Morgan fingerprint density at radius 3 is 2.36 bits per heavy atom. The molecule has 1 aliphatic rings. The maximum absolute atomic E-state index is 13.2. The van der Waals surface area contributed by atoms with Gasteiger partial charge >= 0.3 is 0 Å². The summed E-state index contributed by atoms with van der Waals surface area (Å²) in [6.45, 7) is 0.846. The van der Waals surface area contributed by atoms with Crippen molar-refractivity contribution in [2.24, 2.45) is 0 Å². The number of halogens is 3. The Hall–Kier alpha value is -0.670. The van der Waals surface area contributed by atoms with Crippen molar-refractivity contribution in [1.82, 2.24) is 5.32 Å². The largest absolute Gasteiger partial charge is 0.310 e. The minimum atomic E-state index is -0.445. The fourth-order valence-corrected chi connectivity index (χ4v) is 1.77. The average molecular weight is 220 g/mol. The summed E-state index contributed by atoms with van der Waals surface area (Å²) in [6.07, 6.45) is 1.80. The van der Waals surface area contributed by atoms with Crippen molar-refractivity contribution in [2.45, 2.75) is 18.9 Å². The van der Waals surface area contributed by atoms with E-state index in [1.165, 1.54) is 18.2 Å². The molecule has 1 heterocycles. The molecule has 1 saturated heterocycles. The van der Waals surface area contributed by atoms with Gasteiger partial charge in [-0.2, -0.15) is 0 Å². The lowest BCUT2D eigenvalue weighted by Crippen LogP contribution is -2.15. The van der Waals surface area contributed by atoms with Crippen LogP contribution in [0.15, 0.2) is 18.2 Å². The van der Waals surface area contributed by atoms with Gasteiger partial charge in [0.15, 0.2) is 0 Å². The van der Waals surface area contributed by atoms with E-state index in [2.05, 4.69) is 5.32 Å². The Bertz CT molecular complexity index is 291. The standard InChI is InChI=1S/C10H11F2N.ClH/c11-7-3-1-4-8(12)10(7)9-5-2-6-13-9;/h1,3-4,9,13H,2,5-6H2;1H/t9-;/m0./s1. The Balaban J connectivity index is 0.000000980. The van der Waals surface area contributed by atoms with Gasteiger partial charge in [-0.15, -0.1) is 12.4 Å². The first-order valence-corrected chi connectivity index (χ1v) is 4.46. The van der Waals surface area contributed by atoms with Crippen LogP contribution in [0.1, 0.15) is 24.4 Å². The highest BCUT2D eigenvalue weighted by atomic mass is 35.5. The lowest BCUT2D eigenvalue weighted by atomic mass is 10.0. The Kier molecular flexibility index (Phi) is 3.84. The van der Waals surface area contributed by atoms with Crippen LogP contribution in [0.2, 0.25) is 0 Å². The molecule has 0 amide bonds. The minimum Gasteiger partial charge on any atom is -0.310 e. The molecule has 0 aromatic heterocycles. The first-order chi connectivity index (χ1) is 6.29. The normalized spacial score (nSPS) is 20.6. The van der Waals surface area contributed by atoms with E-state index in [9.17, 15) is 8.78 Å². The predicted molar refractivity (Wildman–Crippen MR) is 53.6 cm³/mol. The highest BCUT2D eigenvalue weighted by Crippen LogP contribution is 2.27. The molecule has 0 radical (unpaired) electrons. The van der Waals surface area contributed by atoms with Crippen molar-refractivity contribution in [3.63, 3.8) is 0 Å². The minimum absolute atomic E-state index is 0. The van der Waals surface area contributed by atoms with Crippen LogP contribution in [-0.4, -0.2) is 6.54 Å². The molecule has 0 bridgehead atoms. The molecule has 0 unspecified atom stereocenters. The number of rotatable bonds is 1. The molecule has 1 N–H and O–H groups in total. The van der Waals surface area contributed by atoms with Crippen LogP contribution in [-0.2, 0) is 0 Å². The topological polar surface area (TPSA) is 12.0 Å². The molecule has 4 heteroatoms. The van der Waals surface area contributed by atoms with E-state index in [1.807, 2.05) is 0 Å². The lowest BCUT2D eigenvalue weighted by molar-refractivity contribution is 0.507. The van der Waals surface area contributed by atoms with Crippen LogP contribution in [0, 0.1) is 11.6 Å². The van der Waals surface area contributed by atoms with E-state index < -0.39 is 11.6 Å². The molecule has 1 aromatic rings. The summed E-state index contributed by atoms with van der Waals surface area (Å²) in [7, 11) is 0. The van der Waals surface area contributed by atoms with Crippen LogP contribution in [0.4, 0.5) is 8.78 Å². The summed E-state index contributed by atoms with van der Waals surface area (Å²) in [5, 5.41) is 3.07. The van der Waals surface area contributed by atoms with Gasteiger partial charge in [0.1, 0.15) is 11.6 Å². The van der Waals surface area contributed by atoms with Crippen LogP contribution >= 0.6 is 12.4 Å². The fourth-order valence-electron chi connectivity index (χ4n) is 1.77. The summed E-state index contributed by atoms with van der Waals surface area (Å²) >= 11 is 0. The zero-order valence-electron chi connectivity index (χ0n) is 7.59. The van der Waals surface area contributed by atoms with Gasteiger partial charge in [-0.1, -0.05) is 6.07 Å². The number of hydrogen-bond acceptors (Lipinski definition) is 1. The van der Waals surface area contributed by atoms with E-state index >= 15 is 0 Å². The molecule has 1 fully saturated rings. The third kappa shape index (κ3) is 2.04. The SMILES string of the molecule is Cl.Fc1cccc(F)c1[C@@H]1CCCN1. The Labute approximate surface area is 87.9 Å². The number of benzene rings is 1. The summed E-state index contributed by atoms with van der Waals surface area (Å²) in [6, 6.07) is 3.86. The predicted octanol–water partition coefficient (Wildman–Crippen LogP) is 2.81. The Morgan fingerprint density at radius 1 is 1.21 bits per heavy atom. The molecule has 0 aliphatic carbocycles. The molecule has 1 aromatic carbocycles. The quantitative estimate of drug-likeness (QED) is 0.766. The van der Waals surface area contributed by atoms with Crippen LogP contribution in [0.3, 0.4) is 0 Å². The lowest BCUT2D eigenvalue weighted by Gasteiger charge is -2.12. The smallest absolute Gasteiger partial charge is 0.130 e. The fraction of sp³-hybridized carbons (Fsp3) is 0.400. The van der Waals surface area contributed by atoms with Crippen LogP contribution < -0.4 is 5.32 Å². The summed E-state index contributed by atoms with van der Waals surface area (Å²) in [5.41, 5.74) is 0.194. The van der Waals surface area contributed by atoms with E-state index in [4.69, 9.17) is 0 Å². The molecule has 0 saturated carbocycles. The van der Waals surface area contributed by atoms with Gasteiger partial charge in [-0.05, 0) is 31.5 Å². The van der Waals surface area contributed by atoms with Gasteiger partial charge < -0.3 is 5.32 Å². The van der Waals surface area contributed by atoms with E-state index in [1.54, 1.807) is 0 Å². The van der Waals surface area contributed by atoms with E-state index in [0.29, 0.717) is 0 Å². The average Bonchev–Trinajstić information content (AvgIpc) is 2.57. The summed E-state index contributed by atoms with van der Waals surface area (Å²) < 4.78 is 26.4. The molecule has 1 atom stereocenters. The highest BCUT2D eigenvalue weighted by Gasteiger charge is 2.22. The maximum atomic E-state index is 13.2. The van der Waals surface area contributed by atoms with Crippen molar-refractivity contribution in [2.75, 3.05) is 6.54 Å². The molecule has 1 aliphatic heterocycles. The van der Waals surface area contributed by atoms with Gasteiger partial charge in [-0.25, -0.2) is 8.78 Å². The van der Waals surface area contributed by atoms with Gasteiger partial charge in [0.05, 0.1) is 0 Å². The first kappa shape index (κ1) is 11.4. The van der Waals surface area contributed by atoms with Crippen molar-refractivity contribution >= 4 is 12.4 Å². The van der Waals surface area contributed by atoms with Gasteiger partial charge in [-0.3, -0.25) is 0 Å². The van der Waals surface area contributed by atoms with Crippen LogP contribution in [0.5, 0.6) is 0 Å². The van der Waals surface area contributed by atoms with Gasteiger partial charge in [0, 0.05) is 11.6 Å². The number of nitrogens with one attached hydrogen (secondary N) is 1. The molecule has 2 rings (SSSR count). The summed E-state index contributed by atoms with van der Waals surface area (Å²) in [5.74, 6) is -0.890. The van der Waals surface area contributed by atoms with E-state index in [-0.39, 0.29) is 24.0 Å². The van der Waals surface area contributed by atoms with Gasteiger partial charge in [0.2, 0.25) is 0 Å². The highest BCUT2D eigenvalue weighted by molar-refractivity contribution is 5.85. The van der Waals surface area contributed by atoms with Gasteiger partial charge in [0.25, 0.3) is 0 Å². The van der Waals surface area contributed by atoms with Crippen molar-refractivity contribution in [1.29, 1.82) is 0 Å². The monoisotopic (exact) mass is 219 g/mol. The first-order valence-electron chi connectivity index (χ1n) is 4.46. The molecule has 78 valence electrons. The molecular weight excluding hydrogens is 208 g/mol. The van der Waals surface area contributed by atoms with Crippen molar-refractivity contribution in [3.05, 3.63) is 35.4 Å². The molecule has 1 nitrogen and oxygen atoms in total. The van der Waals surface area contributed by atoms with E-state index in [0.717, 1.165) is 19.4 Å². The maximum Gasteiger partial charge on any atom is 0.130 e. The molecule has 0 spiro atoms. The summed E-state index contributed by atoms with van der Waals surface area (Å²) in [4.78, 5) is 0. The van der Waals surface area contributed by atoms with Crippen molar-refractivity contribution in [3.8, 4) is 0 Å². The zero-order valence-corrected chi connectivity index (χ0v) is 8.41. The second kappa shape index (κ2) is 4.71. The Morgan fingerprint density at radius 2 is 1.86 bits per heavy atom. The second-order valence-electron chi connectivity index (χ2n) is 3.28.